The van der Waals surface area contributed by atoms with Gasteiger partial charge in [0.15, 0.2) is 0 Å². The first-order chi connectivity index (χ1) is 11.7. The van der Waals surface area contributed by atoms with Crippen LogP contribution in [0.3, 0.4) is 0 Å². The molecule has 1 aliphatic rings. The van der Waals surface area contributed by atoms with E-state index < -0.39 is 29.7 Å². The van der Waals surface area contributed by atoms with Gasteiger partial charge in [-0.15, -0.1) is 0 Å². The van der Waals surface area contributed by atoms with E-state index in [0.717, 1.165) is 0 Å². The Morgan fingerprint density at radius 1 is 1.20 bits per heavy atom. The predicted octanol–water partition coefficient (Wildman–Crippen LogP) is 0.653. The average molecular weight is 352 g/mol. The van der Waals surface area contributed by atoms with Crippen molar-refractivity contribution in [2.75, 3.05) is 0 Å². The minimum absolute atomic E-state index is 0.0295. The minimum Gasteiger partial charge on any atom is -0.390 e. The Morgan fingerprint density at radius 3 is 2.48 bits per heavy atom. The third-order valence-electron chi connectivity index (χ3n) is 4.44. The predicted molar refractivity (Wildman–Crippen MR) is 90.1 cm³/mol. The second-order valence-electron chi connectivity index (χ2n) is 7.05. The molecule has 0 spiro atoms. The maximum Gasteiger partial charge on any atom is 0.245 e. The van der Waals surface area contributed by atoms with E-state index in [4.69, 9.17) is 0 Å². The van der Waals surface area contributed by atoms with Crippen LogP contribution in [0.15, 0.2) is 24.3 Å². The maximum atomic E-state index is 12.9. The fourth-order valence-corrected chi connectivity index (χ4v) is 2.90. The summed E-state index contributed by atoms with van der Waals surface area (Å²) in [6.45, 7) is 3.13. The molecule has 0 saturated heterocycles. The third kappa shape index (κ3) is 5.24. The molecule has 0 radical (unpaired) electrons. The highest BCUT2D eigenvalue weighted by molar-refractivity contribution is 5.91. The number of rotatable bonds is 5. The van der Waals surface area contributed by atoms with E-state index in [0.29, 0.717) is 24.8 Å². The lowest BCUT2D eigenvalue weighted by atomic mass is 9.89. The number of carbonyl (C=O) groups is 2. The van der Waals surface area contributed by atoms with Crippen LogP contribution in [-0.2, 0) is 16.0 Å². The molecule has 138 valence electrons. The van der Waals surface area contributed by atoms with Gasteiger partial charge in [-0.25, -0.2) is 4.39 Å². The van der Waals surface area contributed by atoms with Crippen molar-refractivity contribution in [3.05, 3.63) is 35.6 Å². The van der Waals surface area contributed by atoms with Crippen molar-refractivity contribution in [2.45, 2.75) is 63.3 Å². The van der Waals surface area contributed by atoms with E-state index >= 15 is 0 Å². The third-order valence-corrected chi connectivity index (χ3v) is 4.44. The largest absolute Gasteiger partial charge is 0.390 e. The monoisotopic (exact) mass is 352 g/mol. The van der Waals surface area contributed by atoms with Crippen molar-refractivity contribution in [1.82, 2.24) is 10.6 Å². The van der Waals surface area contributed by atoms with Crippen LogP contribution in [0.2, 0.25) is 0 Å². The van der Waals surface area contributed by atoms with Gasteiger partial charge in [0.1, 0.15) is 11.4 Å². The second-order valence-corrected chi connectivity index (χ2v) is 7.05. The van der Waals surface area contributed by atoms with Crippen molar-refractivity contribution in [1.29, 1.82) is 0 Å². The van der Waals surface area contributed by atoms with E-state index in [9.17, 15) is 24.2 Å². The molecule has 2 rings (SSSR count). The van der Waals surface area contributed by atoms with Crippen molar-refractivity contribution < 1.29 is 24.2 Å². The number of amides is 2. The van der Waals surface area contributed by atoms with E-state index in [1.165, 1.54) is 24.3 Å². The van der Waals surface area contributed by atoms with Crippen LogP contribution in [0.5, 0.6) is 0 Å². The summed E-state index contributed by atoms with van der Waals surface area (Å²) in [6, 6.07) is 5.04. The van der Waals surface area contributed by atoms with Gasteiger partial charge in [0, 0.05) is 0 Å². The molecule has 0 aliphatic heterocycles. The molecule has 6 nitrogen and oxygen atoms in total. The Labute approximate surface area is 146 Å². The van der Waals surface area contributed by atoms with Crippen LogP contribution in [-0.4, -0.2) is 45.8 Å². The van der Waals surface area contributed by atoms with Gasteiger partial charge >= 0.3 is 0 Å². The highest BCUT2D eigenvalue weighted by Crippen LogP contribution is 2.20. The summed E-state index contributed by atoms with van der Waals surface area (Å²) in [5.74, 6) is -1.17. The number of hydrogen-bond acceptors (Lipinski definition) is 4. The van der Waals surface area contributed by atoms with Gasteiger partial charge in [-0.3, -0.25) is 9.59 Å². The molecule has 1 aromatic rings. The Morgan fingerprint density at radius 2 is 1.84 bits per heavy atom. The number of aliphatic hydroxyl groups excluding tert-OH is 2. The molecular weight excluding hydrogens is 327 g/mol. The van der Waals surface area contributed by atoms with Gasteiger partial charge in [-0.05, 0) is 50.8 Å². The molecule has 4 N–H and O–H groups in total. The Balaban J connectivity index is 1.91. The van der Waals surface area contributed by atoms with E-state index in [2.05, 4.69) is 10.6 Å². The highest BCUT2D eigenvalue weighted by Gasteiger charge is 2.36. The lowest BCUT2D eigenvalue weighted by Gasteiger charge is -2.35. The van der Waals surface area contributed by atoms with Gasteiger partial charge < -0.3 is 20.8 Å². The summed E-state index contributed by atoms with van der Waals surface area (Å²) in [5.41, 5.74) is -0.542. The number of carbonyl (C=O) groups excluding carboxylic acids is 2. The topological polar surface area (TPSA) is 98.7 Å². The summed E-state index contributed by atoms with van der Waals surface area (Å²) >= 11 is 0. The van der Waals surface area contributed by atoms with Gasteiger partial charge in [-0.1, -0.05) is 12.1 Å². The summed E-state index contributed by atoms with van der Waals surface area (Å²) in [4.78, 5) is 24.6. The molecule has 0 aromatic heterocycles. The lowest BCUT2D eigenvalue weighted by Crippen LogP contribution is -2.60. The molecule has 7 heteroatoms. The molecular formula is C18H25FN2O4. The molecule has 1 fully saturated rings. The number of aliphatic hydroxyl groups is 2. The molecule has 0 unspecified atom stereocenters. The van der Waals surface area contributed by atoms with Crippen molar-refractivity contribution >= 4 is 11.8 Å². The standard InChI is InChI=1S/C18H25FN2O4/c1-18(2,17(25)20-13-4-3-5-14(22)16(13)24)21-15(23)10-11-6-8-12(19)9-7-11/h6-9,13-14,16,22,24H,3-5,10H2,1-2H3,(H,20,25)(H,21,23)/t13-,14-,16-/m1/s1. The first kappa shape index (κ1) is 19.3. The zero-order valence-electron chi connectivity index (χ0n) is 14.5. The van der Waals surface area contributed by atoms with Crippen molar-refractivity contribution in [3.63, 3.8) is 0 Å². The summed E-state index contributed by atoms with van der Waals surface area (Å²) in [6.07, 6.45) is -0.0457. The summed E-state index contributed by atoms with van der Waals surface area (Å²) in [7, 11) is 0. The number of halogens is 1. The molecule has 0 heterocycles. The number of hydrogen-bond donors (Lipinski definition) is 4. The van der Waals surface area contributed by atoms with E-state index in [1.54, 1.807) is 13.8 Å². The SMILES string of the molecule is CC(C)(NC(=O)Cc1ccc(F)cc1)C(=O)N[C@@H]1CCC[C@@H](O)[C@@H]1O. The molecule has 25 heavy (non-hydrogen) atoms. The number of nitrogens with one attached hydrogen (secondary N) is 2. The molecule has 2 amide bonds. The normalized spacial score (nSPS) is 23.8. The van der Waals surface area contributed by atoms with Gasteiger partial charge in [-0.2, -0.15) is 0 Å². The van der Waals surface area contributed by atoms with Crippen molar-refractivity contribution in [3.8, 4) is 0 Å². The van der Waals surface area contributed by atoms with Crippen molar-refractivity contribution in [2.24, 2.45) is 0 Å². The minimum atomic E-state index is -1.18. The van der Waals surface area contributed by atoms with Crippen LogP contribution >= 0.6 is 0 Å². The average Bonchev–Trinajstić information content (AvgIpc) is 2.53. The van der Waals surface area contributed by atoms with Crippen LogP contribution in [0, 0.1) is 5.82 Å². The van der Waals surface area contributed by atoms with Crippen LogP contribution in [0.25, 0.3) is 0 Å². The van der Waals surface area contributed by atoms with Gasteiger partial charge in [0.05, 0.1) is 24.7 Å². The fraction of sp³-hybridized carbons (Fsp3) is 0.556. The zero-order chi connectivity index (χ0) is 18.6. The lowest BCUT2D eigenvalue weighted by molar-refractivity contribution is -0.134. The summed E-state index contributed by atoms with van der Waals surface area (Å²) < 4.78 is 12.9. The first-order valence-corrected chi connectivity index (χ1v) is 8.41. The number of benzene rings is 1. The molecule has 0 bridgehead atoms. The Kier molecular flexibility index (Phi) is 6.13. The first-order valence-electron chi connectivity index (χ1n) is 8.41. The van der Waals surface area contributed by atoms with Gasteiger partial charge in [0.25, 0.3) is 0 Å². The summed E-state index contributed by atoms with van der Waals surface area (Å²) in [5, 5.41) is 25.0. The highest BCUT2D eigenvalue weighted by atomic mass is 19.1. The molecule has 1 saturated carbocycles. The van der Waals surface area contributed by atoms with E-state index in [1.807, 2.05) is 0 Å². The Hall–Kier alpha value is -1.99. The smallest absolute Gasteiger partial charge is 0.245 e. The molecule has 1 aliphatic carbocycles. The van der Waals surface area contributed by atoms with Crippen LogP contribution in [0.4, 0.5) is 4.39 Å². The van der Waals surface area contributed by atoms with Crippen LogP contribution < -0.4 is 10.6 Å². The van der Waals surface area contributed by atoms with E-state index in [-0.39, 0.29) is 18.1 Å². The maximum absolute atomic E-state index is 12.9. The molecule has 3 atom stereocenters. The second kappa shape index (κ2) is 7.93. The quantitative estimate of drug-likeness (QED) is 0.625. The fourth-order valence-electron chi connectivity index (χ4n) is 2.90. The van der Waals surface area contributed by atoms with Gasteiger partial charge in [0.2, 0.25) is 11.8 Å². The Bertz CT molecular complexity index is 618. The zero-order valence-corrected chi connectivity index (χ0v) is 14.5. The molecule has 1 aromatic carbocycles. The van der Waals surface area contributed by atoms with Crippen LogP contribution in [0.1, 0.15) is 38.7 Å².